The lowest BCUT2D eigenvalue weighted by Gasteiger charge is -2.37. The van der Waals surface area contributed by atoms with Crippen LogP contribution in [0.4, 0.5) is 17.3 Å². The first-order chi connectivity index (χ1) is 16.0. The van der Waals surface area contributed by atoms with Gasteiger partial charge in [-0.3, -0.25) is 4.90 Å². The van der Waals surface area contributed by atoms with E-state index in [0.29, 0.717) is 24.1 Å². The number of nitrogens with zero attached hydrogens (tertiary/aromatic N) is 7. The number of fused-ring (bicyclic) bond motifs is 1. The second-order valence-corrected chi connectivity index (χ2v) is 9.86. The van der Waals surface area contributed by atoms with Gasteiger partial charge < -0.3 is 16.0 Å². The molecule has 1 aliphatic rings. The number of piperazine rings is 1. The summed E-state index contributed by atoms with van der Waals surface area (Å²) in [6, 6.07) is 6.79. The molecule has 1 fully saturated rings. The average Bonchev–Trinajstić information content (AvgIpc) is 3.47. The lowest BCUT2D eigenvalue weighted by molar-refractivity contribution is 0.209. The number of aryl methyl sites for hydroxylation is 1. The molecule has 1 aliphatic heterocycles. The van der Waals surface area contributed by atoms with Crippen molar-refractivity contribution in [3.05, 3.63) is 46.7 Å². The van der Waals surface area contributed by atoms with Crippen LogP contribution in [0.15, 0.2) is 36.9 Å². The minimum atomic E-state index is 0.523. The molecule has 172 valence electrons. The van der Waals surface area contributed by atoms with Crippen molar-refractivity contribution in [3.63, 3.8) is 0 Å². The molecule has 0 amide bonds. The van der Waals surface area contributed by atoms with Gasteiger partial charge in [0.2, 0.25) is 0 Å². The molecule has 0 radical (unpaired) electrons. The van der Waals surface area contributed by atoms with E-state index < -0.39 is 0 Å². The molecule has 1 saturated heterocycles. The van der Waals surface area contributed by atoms with Gasteiger partial charge in [0.25, 0.3) is 0 Å². The van der Waals surface area contributed by atoms with E-state index in [9.17, 15) is 0 Å². The first-order valence-corrected chi connectivity index (χ1v) is 12.1. The topological polar surface area (TPSA) is 100 Å². The zero-order valence-corrected chi connectivity index (χ0v) is 20.0. The molecule has 9 nitrogen and oxygen atoms in total. The van der Waals surface area contributed by atoms with Crippen LogP contribution in [0.2, 0.25) is 0 Å². The van der Waals surface area contributed by atoms with Gasteiger partial charge in [-0.15, -0.1) is 11.3 Å². The van der Waals surface area contributed by atoms with E-state index in [0.717, 1.165) is 53.8 Å². The van der Waals surface area contributed by atoms with Gasteiger partial charge in [-0.2, -0.15) is 5.10 Å². The Bertz CT molecular complexity index is 1240. The van der Waals surface area contributed by atoms with E-state index in [4.69, 9.17) is 5.73 Å². The lowest BCUT2D eigenvalue weighted by Crippen LogP contribution is -2.49. The standard InChI is InChI=1S/C23H29N9S/c1-15(2)30-6-8-31(9-7-30)21-5-4-17(12-25-21)29-22-23-27-14-28-32(23)20(13-26-22)19-10-18(11-24)33-16(19)3/h4-5,10,12-15H,6-9,11,24H2,1-3H3,(H,26,29). The third kappa shape index (κ3) is 4.29. The van der Waals surface area contributed by atoms with Gasteiger partial charge in [-0.05, 0) is 39.0 Å². The van der Waals surface area contributed by atoms with E-state index in [1.807, 2.05) is 23.0 Å². The molecule has 0 unspecified atom stereocenters. The number of aromatic nitrogens is 5. The number of thiophene rings is 1. The highest BCUT2D eigenvalue weighted by Gasteiger charge is 2.20. The second-order valence-electron chi connectivity index (χ2n) is 8.52. The van der Waals surface area contributed by atoms with Gasteiger partial charge in [-0.1, -0.05) is 0 Å². The summed E-state index contributed by atoms with van der Waals surface area (Å²) < 4.78 is 1.82. The summed E-state index contributed by atoms with van der Waals surface area (Å²) in [5, 5.41) is 7.79. The van der Waals surface area contributed by atoms with Crippen molar-refractivity contribution in [2.24, 2.45) is 5.73 Å². The average molecular weight is 464 g/mol. The third-order valence-electron chi connectivity index (χ3n) is 6.13. The van der Waals surface area contributed by atoms with Gasteiger partial charge in [-0.25, -0.2) is 19.5 Å². The molecule has 0 bridgehead atoms. The SMILES string of the molecule is Cc1sc(CN)cc1-c1cnc(Nc2ccc(N3CCN(C(C)C)CC3)nc2)c2ncnn12. The number of hydrogen-bond acceptors (Lipinski definition) is 9. The van der Waals surface area contributed by atoms with Crippen LogP contribution in [-0.4, -0.2) is 61.7 Å². The van der Waals surface area contributed by atoms with Crippen molar-refractivity contribution in [2.45, 2.75) is 33.4 Å². The van der Waals surface area contributed by atoms with Crippen molar-refractivity contribution >= 4 is 34.3 Å². The summed E-state index contributed by atoms with van der Waals surface area (Å²) in [7, 11) is 0. The summed E-state index contributed by atoms with van der Waals surface area (Å²) >= 11 is 1.70. The quantitative estimate of drug-likeness (QED) is 0.449. The van der Waals surface area contributed by atoms with Crippen LogP contribution in [0.1, 0.15) is 23.6 Å². The molecule has 0 aromatic carbocycles. The molecule has 5 heterocycles. The van der Waals surface area contributed by atoms with E-state index >= 15 is 0 Å². The van der Waals surface area contributed by atoms with Crippen LogP contribution in [0.5, 0.6) is 0 Å². The molecule has 5 rings (SSSR count). The number of hydrogen-bond donors (Lipinski definition) is 2. The van der Waals surface area contributed by atoms with Crippen LogP contribution in [0, 0.1) is 6.92 Å². The largest absolute Gasteiger partial charge is 0.354 e. The second kappa shape index (κ2) is 9.05. The maximum atomic E-state index is 5.83. The Morgan fingerprint density at radius 2 is 1.91 bits per heavy atom. The summed E-state index contributed by atoms with van der Waals surface area (Å²) in [5.41, 5.74) is 9.34. The summed E-state index contributed by atoms with van der Waals surface area (Å²) in [6.45, 7) is 11.2. The monoisotopic (exact) mass is 463 g/mol. The lowest BCUT2D eigenvalue weighted by atomic mass is 10.2. The predicted octanol–water partition coefficient (Wildman–Crippen LogP) is 3.29. The zero-order valence-electron chi connectivity index (χ0n) is 19.2. The van der Waals surface area contributed by atoms with Gasteiger partial charge in [0, 0.05) is 54.1 Å². The van der Waals surface area contributed by atoms with Crippen molar-refractivity contribution in [2.75, 3.05) is 36.4 Å². The van der Waals surface area contributed by atoms with Crippen LogP contribution >= 0.6 is 11.3 Å². The minimum Gasteiger partial charge on any atom is -0.354 e. The van der Waals surface area contributed by atoms with Gasteiger partial charge >= 0.3 is 0 Å². The highest BCUT2D eigenvalue weighted by atomic mass is 32.1. The Morgan fingerprint density at radius 3 is 2.58 bits per heavy atom. The molecule has 4 aromatic heterocycles. The highest BCUT2D eigenvalue weighted by molar-refractivity contribution is 7.12. The van der Waals surface area contributed by atoms with Crippen LogP contribution < -0.4 is 16.0 Å². The number of nitrogens with two attached hydrogens (primary N) is 1. The molecule has 0 atom stereocenters. The minimum absolute atomic E-state index is 0.523. The molecular weight excluding hydrogens is 434 g/mol. The molecule has 33 heavy (non-hydrogen) atoms. The van der Waals surface area contributed by atoms with Crippen LogP contribution in [-0.2, 0) is 6.54 Å². The van der Waals surface area contributed by atoms with Crippen molar-refractivity contribution in [1.29, 1.82) is 0 Å². The van der Waals surface area contributed by atoms with Gasteiger partial charge in [0.1, 0.15) is 12.1 Å². The molecule has 3 N–H and O–H groups in total. The summed E-state index contributed by atoms with van der Waals surface area (Å²) in [4.78, 5) is 20.9. The Balaban J connectivity index is 1.35. The van der Waals surface area contributed by atoms with Crippen molar-refractivity contribution in [3.8, 4) is 11.3 Å². The summed E-state index contributed by atoms with van der Waals surface area (Å²) in [6.07, 6.45) is 5.23. The number of nitrogens with one attached hydrogen (secondary N) is 1. The molecule has 4 aromatic rings. The van der Waals surface area contributed by atoms with Crippen molar-refractivity contribution in [1.82, 2.24) is 29.5 Å². The molecule has 10 heteroatoms. The smallest absolute Gasteiger partial charge is 0.199 e. The van der Waals surface area contributed by atoms with Crippen LogP contribution in [0.3, 0.4) is 0 Å². The predicted molar refractivity (Wildman–Crippen MR) is 133 cm³/mol. The molecule has 0 saturated carbocycles. The van der Waals surface area contributed by atoms with E-state index in [1.54, 1.807) is 17.7 Å². The fourth-order valence-corrected chi connectivity index (χ4v) is 5.17. The van der Waals surface area contributed by atoms with Gasteiger partial charge in [0.15, 0.2) is 11.5 Å². The fourth-order valence-electron chi connectivity index (χ4n) is 4.24. The third-order valence-corrected chi connectivity index (χ3v) is 7.20. The Morgan fingerprint density at radius 1 is 1.09 bits per heavy atom. The Labute approximate surface area is 197 Å². The van der Waals surface area contributed by atoms with Gasteiger partial charge in [0.05, 0.1) is 23.8 Å². The zero-order chi connectivity index (χ0) is 22.9. The molecule has 0 aliphatic carbocycles. The van der Waals surface area contributed by atoms with E-state index in [-0.39, 0.29) is 0 Å². The first-order valence-electron chi connectivity index (χ1n) is 11.2. The number of pyridine rings is 1. The first kappa shape index (κ1) is 21.7. The van der Waals surface area contributed by atoms with Crippen molar-refractivity contribution < 1.29 is 0 Å². The number of anilines is 3. The van der Waals surface area contributed by atoms with E-state index in [1.165, 1.54) is 4.88 Å². The molecule has 0 spiro atoms. The highest BCUT2D eigenvalue weighted by Crippen LogP contribution is 2.32. The van der Waals surface area contributed by atoms with E-state index in [2.05, 4.69) is 68.1 Å². The molecular formula is C23H29N9S. The Kier molecular flexibility index (Phi) is 5.96. The maximum Gasteiger partial charge on any atom is 0.199 e. The Hall–Kier alpha value is -3.08. The van der Waals surface area contributed by atoms with Crippen LogP contribution in [0.25, 0.3) is 16.9 Å². The summed E-state index contributed by atoms with van der Waals surface area (Å²) in [5.74, 6) is 1.65. The fraction of sp³-hybridized carbons (Fsp3) is 0.391. The number of rotatable bonds is 6. The maximum absolute atomic E-state index is 5.83. The normalized spacial score (nSPS) is 15.0.